The minimum Gasteiger partial charge on any atom is -0.325 e. The lowest BCUT2D eigenvalue weighted by Gasteiger charge is -2.37. The van der Waals surface area contributed by atoms with Crippen LogP contribution < -0.4 is 5.32 Å². The molecule has 5 nitrogen and oxygen atoms in total. The third kappa shape index (κ3) is 3.41. The summed E-state index contributed by atoms with van der Waals surface area (Å²) in [6, 6.07) is 9.68. The van der Waals surface area contributed by atoms with Crippen LogP contribution in [0.25, 0.3) is 0 Å². The Balaban J connectivity index is 1.50. The molecule has 0 spiro atoms. The van der Waals surface area contributed by atoms with Crippen LogP contribution in [0, 0.1) is 11.3 Å². The van der Waals surface area contributed by atoms with Crippen LogP contribution in [0.5, 0.6) is 0 Å². The maximum atomic E-state index is 12.1. The Morgan fingerprint density at radius 1 is 1.29 bits per heavy atom. The molecule has 2 saturated heterocycles. The standard InChI is InChI=1S/C16H20N4O/c17-10-13-3-5-14(6-4-13)18-16(21)12-19-8-9-20-7-1-2-15(20)11-19/h3-6,15H,1-2,7-9,11-12H2,(H,18,21). The molecule has 1 unspecified atom stereocenters. The largest absolute Gasteiger partial charge is 0.325 e. The average molecular weight is 284 g/mol. The average Bonchev–Trinajstić information content (AvgIpc) is 2.95. The van der Waals surface area contributed by atoms with Crippen molar-refractivity contribution in [3.63, 3.8) is 0 Å². The lowest BCUT2D eigenvalue weighted by molar-refractivity contribution is -0.117. The molecule has 1 amide bonds. The van der Waals surface area contributed by atoms with E-state index >= 15 is 0 Å². The van der Waals surface area contributed by atoms with E-state index in [9.17, 15) is 4.79 Å². The maximum Gasteiger partial charge on any atom is 0.238 e. The molecule has 3 rings (SSSR count). The first-order chi connectivity index (χ1) is 10.2. The lowest BCUT2D eigenvalue weighted by Crippen LogP contribution is -2.51. The molecule has 0 aliphatic carbocycles. The highest BCUT2D eigenvalue weighted by Gasteiger charge is 2.30. The topological polar surface area (TPSA) is 59.4 Å². The van der Waals surface area contributed by atoms with Gasteiger partial charge in [0.05, 0.1) is 18.2 Å². The van der Waals surface area contributed by atoms with E-state index in [2.05, 4.69) is 21.2 Å². The molecule has 1 atom stereocenters. The molecule has 0 radical (unpaired) electrons. The molecule has 0 aromatic heterocycles. The minimum absolute atomic E-state index is 0.0196. The third-order valence-corrected chi connectivity index (χ3v) is 4.34. The van der Waals surface area contributed by atoms with Crippen LogP contribution in [0.1, 0.15) is 18.4 Å². The molecule has 0 saturated carbocycles. The summed E-state index contributed by atoms with van der Waals surface area (Å²) in [7, 11) is 0. The number of amides is 1. The highest BCUT2D eigenvalue weighted by molar-refractivity contribution is 5.92. The van der Waals surface area contributed by atoms with E-state index in [1.807, 2.05) is 0 Å². The predicted molar refractivity (Wildman–Crippen MR) is 80.8 cm³/mol. The van der Waals surface area contributed by atoms with E-state index in [1.165, 1.54) is 19.4 Å². The summed E-state index contributed by atoms with van der Waals surface area (Å²) < 4.78 is 0. The van der Waals surface area contributed by atoms with Gasteiger partial charge in [-0.3, -0.25) is 14.6 Å². The summed E-state index contributed by atoms with van der Waals surface area (Å²) in [5.74, 6) is 0.0196. The van der Waals surface area contributed by atoms with Crippen molar-refractivity contribution in [3.8, 4) is 6.07 Å². The summed E-state index contributed by atoms with van der Waals surface area (Å²) in [5, 5.41) is 11.7. The number of benzene rings is 1. The summed E-state index contributed by atoms with van der Waals surface area (Å²) in [5.41, 5.74) is 1.35. The van der Waals surface area contributed by atoms with Crippen molar-refractivity contribution < 1.29 is 4.79 Å². The number of carbonyl (C=O) groups excluding carboxylic acids is 1. The maximum absolute atomic E-state index is 12.1. The number of rotatable bonds is 3. The van der Waals surface area contributed by atoms with Gasteiger partial charge in [-0.05, 0) is 43.7 Å². The van der Waals surface area contributed by atoms with E-state index < -0.39 is 0 Å². The van der Waals surface area contributed by atoms with Crippen molar-refractivity contribution in [2.45, 2.75) is 18.9 Å². The zero-order valence-corrected chi connectivity index (χ0v) is 12.1. The van der Waals surface area contributed by atoms with Crippen molar-refractivity contribution in [2.75, 3.05) is 38.0 Å². The summed E-state index contributed by atoms with van der Waals surface area (Å²) in [6.07, 6.45) is 2.55. The number of nitrogens with one attached hydrogen (secondary N) is 1. The van der Waals surface area contributed by atoms with Crippen molar-refractivity contribution >= 4 is 11.6 Å². The van der Waals surface area contributed by atoms with Gasteiger partial charge in [0.1, 0.15) is 0 Å². The summed E-state index contributed by atoms with van der Waals surface area (Å²) >= 11 is 0. The van der Waals surface area contributed by atoms with E-state index in [1.54, 1.807) is 24.3 Å². The molecule has 2 aliphatic heterocycles. The zero-order chi connectivity index (χ0) is 14.7. The number of hydrogen-bond donors (Lipinski definition) is 1. The molecular formula is C16H20N4O. The fourth-order valence-electron chi connectivity index (χ4n) is 3.23. The van der Waals surface area contributed by atoms with E-state index in [4.69, 9.17) is 5.26 Å². The molecule has 110 valence electrons. The number of carbonyl (C=O) groups is 1. The Kier molecular flexibility index (Phi) is 4.18. The third-order valence-electron chi connectivity index (χ3n) is 4.34. The first-order valence-corrected chi connectivity index (χ1v) is 7.51. The van der Waals surface area contributed by atoms with Gasteiger partial charge in [0.15, 0.2) is 0 Å². The van der Waals surface area contributed by atoms with Gasteiger partial charge < -0.3 is 5.32 Å². The Bertz CT molecular complexity index is 548. The van der Waals surface area contributed by atoms with Crippen LogP contribution in [-0.2, 0) is 4.79 Å². The summed E-state index contributed by atoms with van der Waals surface area (Å²) in [6.45, 7) is 4.72. The highest BCUT2D eigenvalue weighted by atomic mass is 16.2. The SMILES string of the molecule is N#Cc1ccc(NC(=O)CN2CCN3CCCC3C2)cc1. The molecule has 1 aromatic rings. The van der Waals surface area contributed by atoms with Crippen LogP contribution in [0.3, 0.4) is 0 Å². The second-order valence-electron chi connectivity index (χ2n) is 5.80. The molecular weight excluding hydrogens is 264 g/mol. The second-order valence-corrected chi connectivity index (χ2v) is 5.80. The van der Waals surface area contributed by atoms with Crippen molar-refractivity contribution in [1.29, 1.82) is 5.26 Å². The molecule has 21 heavy (non-hydrogen) atoms. The number of nitrogens with zero attached hydrogens (tertiary/aromatic N) is 3. The minimum atomic E-state index is 0.0196. The molecule has 0 bridgehead atoms. The first-order valence-electron chi connectivity index (χ1n) is 7.51. The summed E-state index contributed by atoms with van der Waals surface area (Å²) in [4.78, 5) is 16.9. The number of hydrogen-bond acceptors (Lipinski definition) is 4. The molecule has 1 aromatic carbocycles. The zero-order valence-electron chi connectivity index (χ0n) is 12.1. The lowest BCUT2D eigenvalue weighted by atomic mass is 10.1. The van der Waals surface area contributed by atoms with Gasteiger partial charge in [-0.15, -0.1) is 0 Å². The molecule has 2 heterocycles. The van der Waals surface area contributed by atoms with Gasteiger partial charge in [-0.2, -0.15) is 5.26 Å². The van der Waals surface area contributed by atoms with Gasteiger partial charge in [-0.1, -0.05) is 0 Å². The van der Waals surface area contributed by atoms with E-state index in [0.29, 0.717) is 18.2 Å². The van der Waals surface area contributed by atoms with Gasteiger partial charge >= 0.3 is 0 Å². The smallest absolute Gasteiger partial charge is 0.238 e. The number of piperazine rings is 1. The first kappa shape index (κ1) is 14.1. The molecule has 2 fully saturated rings. The van der Waals surface area contributed by atoms with Crippen LogP contribution in [-0.4, -0.2) is 54.5 Å². The van der Waals surface area contributed by atoms with Crippen LogP contribution in [0.2, 0.25) is 0 Å². The van der Waals surface area contributed by atoms with Gasteiger partial charge in [-0.25, -0.2) is 0 Å². The number of anilines is 1. The van der Waals surface area contributed by atoms with Crippen LogP contribution >= 0.6 is 0 Å². The monoisotopic (exact) mass is 284 g/mol. The van der Waals surface area contributed by atoms with E-state index in [-0.39, 0.29) is 5.91 Å². The van der Waals surface area contributed by atoms with Crippen LogP contribution in [0.4, 0.5) is 5.69 Å². The quantitative estimate of drug-likeness (QED) is 0.908. The second kappa shape index (κ2) is 6.25. The number of nitriles is 1. The van der Waals surface area contributed by atoms with Crippen molar-refractivity contribution in [1.82, 2.24) is 9.80 Å². The molecule has 1 N–H and O–H groups in total. The Morgan fingerprint density at radius 3 is 2.86 bits per heavy atom. The van der Waals surface area contributed by atoms with Gasteiger partial charge in [0.2, 0.25) is 5.91 Å². The highest BCUT2D eigenvalue weighted by Crippen LogP contribution is 2.21. The fraction of sp³-hybridized carbons (Fsp3) is 0.500. The fourth-order valence-corrected chi connectivity index (χ4v) is 3.23. The Morgan fingerprint density at radius 2 is 2.10 bits per heavy atom. The van der Waals surface area contributed by atoms with Gasteiger partial charge in [0.25, 0.3) is 0 Å². The Labute approximate surface area is 125 Å². The predicted octanol–water partition coefficient (Wildman–Crippen LogP) is 1.28. The van der Waals surface area contributed by atoms with Crippen LogP contribution in [0.15, 0.2) is 24.3 Å². The normalized spacial score (nSPS) is 22.5. The van der Waals surface area contributed by atoms with Crippen molar-refractivity contribution in [3.05, 3.63) is 29.8 Å². The van der Waals surface area contributed by atoms with Gasteiger partial charge in [0, 0.05) is 31.4 Å². The molecule has 5 heteroatoms. The number of fused-ring (bicyclic) bond motifs is 1. The Hall–Kier alpha value is -1.90. The van der Waals surface area contributed by atoms with E-state index in [0.717, 1.165) is 25.3 Å². The van der Waals surface area contributed by atoms with Crippen molar-refractivity contribution in [2.24, 2.45) is 0 Å². The molecule has 2 aliphatic rings.